The largest absolute Gasteiger partial charge is 0.393 e. The highest BCUT2D eigenvalue weighted by Gasteiger charge is 2.23. The van der Waals surface area contributed by atoms with E-state index >= 15 is 0 Å². The number of carbonyl (C=O) groups is 1. The Morgan fingerprint density at radius 3 is 1.97 bits per heavy atom. The molecule has 1 fully saturated rings. The van der Waals surface area contributed by atoms with Gasteiger partial charge in [-0.05, 0) is 49.9 Å². The summed E-state index contributed by atoms with van der Waals surface area (Å²) in [6.45, 7) is 0. The standard InChI is InChI=1S/C23H21Cl2N3O2/c24-16-5-1-14(2-6-16)21-22(15-3-7-17(25)8-4-15)28-20(13-26-21)23(30)27-18-9-11-19(29)12-10-18/h1-8,13,18-19,29H,9-12H2,(H,27,30). The number of benzene rings is 2. The van der Waals surface area contributed by atoms with Crippen molar-refractivity contribution in [1.29, 1.82) is 0 Å². The minimum atomic E-state index is -0.270. The average molecular weight is 442 g/mol. The van der Waals surface area contributed by atoms with E-state index in [0.717, 1.165) is 24.0 Å². The lowest BCUT2D eigenvalue weighted by atomic mass is 9.93. The van der Waals surface area contributed by atoms with Gasteiger partial charge >= 0.3 is 0 Å². The molecule has 1 heterocycles. The minimum absolute atomic E-state index is 0.0395. The highest BCUT2D eigenvalue weighted by atomic mass is 35.5. The van der Waals surface area contributed by atoms with Crippen LogP contribution in [-0.4, -0.2) is 33.1 Å². The number of aliphatic hydroxyl groups excluding tert-OH is 1. The Bertz CT molecular complexity index is 1030. The molecule has 5 nitrogen and oxygen atoms in total. The Labute approximate surface area is 185 Å². The van der Waals surface area contributed by atoms with E-state index < -0.39 is 0 Å². The first-order chi connectivity index (χ1) is 14.5. The van der Waals surface area contributed by atoms with Crippen LogP contribution in [0.15, 0.2) is 54.7 Å². The highest BCUT2D eigenvalue weighted by molar-refractivity contribution is 6.31. The van der Waals surface area contributed by atoms with Crippen molar-refractivity contribution in [2.75, 3.05) is 0 Å². The first kappa shape index (κ1) is 20.8. The van der Waals surface area contributed by atoms with Crippen molar-refractivity contribution in [3.8, 4) is 22.5 Å². The summed E-state index contributed by atoms with van der Waals surface area (Å²) in [5.41, 5.74) is 3.17. The van der Waals surface area contributed by atoms with Crippen LogP contribution in [0.3, 0.4) is 0 Å². The first-order valence-electron chi connectivity index (χ1n) is 9.87. The number of aromatic nitrogens is 2. The summed E-state index contributed by atoms with van der Waals surface area (Å²) in [6, 6.07) is 14.7. The van der Waals surface area contributed by atoms with E-state index in [1.54, 1.807) is 24.3 Å². The van der Waals surface area contributed by atoms with Crippen LogP contribution >= 0.6 is 23.2 Å². The van der Waals surface area contributed by atoms with Gasteiger partial charge in [-0.25, -0.2) is 4.98 Å². The van der Waals surface area contributed by atoms with Gasteiger partial charge in [0.1, 0.15) is 5.69 Å². The summed E-state index contributed by atoms with van der Waals surface area (Å²) in [5, 5.41) is 13.9. The normalized spacial score (nSPS) is 18.8. The number of nitrogens with one attached hydrogen (secondary N) is 1. The van der Waals surface area contributed by atoms with Crippen molar-refractivity contribution < 1.29 is 9.90 Å². The molecule has 0 radical (unpaired) electrons. The number of halogens is 2. The van der Waals surface area contributed by atoms with E-state index in [-0.39, 0.29) is 23.7 Å². The molecule has 2 aromatic carbocycles. The topological polar surface area (TPSA) is 75.1 Å². The van der Waals surface area contributed by atoms with Crippen LogP contribution in [0.25, 0.3) is 22.5 Å². The zero-order valence-corrected chi connectivity index (χ0v) is 17.7. The monoisotopic (exact) mass is 441 g/mol. The predicted octanol–water partition coefficient (Wildman–Crippen LogP) is 5.15. The zero-order chi connectivity index (χ0) is 21.1. The fourth-order valence-corrected chi connectivity index (χ4v) is 3.86. The summed E-state index contributed by atoms with van der Waals surface area (Å²) < 4.78 is 0. The van der Waals surface area contributed by atoms with Gasteiger partial charge in [0.15, 0.2) is 0 Å². The van der Waals surface area contributed by atoms with Crippen molar-refractivity contribution in [1.82, 2.24) is 15.3 Å². The maximum absolute atomic E-state index is 12.8. The number of hydrogen-bond donors (Lipinski definition) is 2. The third-order valence-electron chi connectivity index (χ3n) is 5.27. The molecule has 0 unspecified atom stereocenters. The molecule has 1 aromatic heterocycles. The predicted molar refractivity (Wildman–Crippen MR) is 119 cm³/mol. The summed E-state index contributed by atoms with van der Waals surface area (Å²) in [4.78, 5) is 22.0. The second-order valence-corrected chi connectivity index (χ2v) is 8.32. The third-order valence-corrected chi connectivity index (χ3v) is 5.78. The molecular formula is C23H21Cl2N3O2. The quantitative estimate of drug-likeness (QED) is 0.586. The Balaban J connectivity index is 1.67. The van der Waals surface area contributed by atoms with Gasteiger partial charge in [0.05, 0.1) is 23.7 Å². The van der Waals surface area contributed by atoms with Crippen LogP contribution in [0, 0.1) is 0 Å². The lowest BCUT2D eigenvalue weighted by Gasteiger charge is -2.26. The zero-order valence-electron chi connectivity index (χ0n) is 16.2. The fraction of sp³-hybridized carbons (Fsp3) is 0.261. The number of amides is 1. The van der Waals surface area contributed by atoms with E-state index in [1.165, 1.54) is 6.20 Å². The molecule has 4 rings (SSSR count). The maximum atomic E-state index is 12.8. The highest BCUT2D eigenvalue weighted by Crippen LogP contribution is 2.30. The lowest BCUT2D eigenvalue weighted by Crippen LogP contribution is -2.39. The second-order valence-electron chi connectivity index (χ2n) is 7.45. The van der Waals surface area contributed by atoms with Crippen molar-refractivity contribution in [2.24, 2.45) is 0 Å². The molecular weight excluding hydrogens is 421 g/mol. The Hall–Kier alpha value is -2.47. The van der Waals surface area contributed by atoms with Crippen LogP contribution in [0.4, 0.5) is 0 Å². The van der Waals surface area contributed by atoms with Gasteiger partial charge in [-0.2, -0.15) is 0 Å². The smallest absolute Gasteiger partial charge is 0.271 e. The van der Waals surface area contributed by atoms with Gasteiger partial charge in [-0.1, -0.05) is 47.5 Å². The van der Waals surface area contributed by atoms with Gasteiger partial charge in [-0.15, -0.1) is 0 Å². The van der Waals surface area contributed by atoms with E-state index in [1.807, 2.05) is 24.3 Å². The van der Waals surface area contributed by atoms with E-state index in [2.05, 4.69) is 15.3 Å². The second kappa shape index (κ2) is 9.13. The van der Waals surface area contributed by atoms with Crippen molar-refractivity contribution in [3.63, 3.8) is 0 Å². The number of carbonyl (C=O) groups excluding carboxylic acids is 1. The molecule has 0 atom stereocenters. The summed E-state index contributed by atoms with van der Waals surface area (Å²) in [6.07, 6.45) is 4.13. The van der Waals surface area contributed by atoms with Crippen LogP contribution in [0.5, 0.6) is 0 Å². The van der Waals surface area contributed by atoms with Gasteiger partial charge in [-0.3, -0.25) is 9.78 Å². The van der Waals surface area contributed by atoms with E-state index in [4.69, 9.17) is 23.2 Å². The summed E-state index contributed by atoms with van der Waals surface area (Å²) in [5.74, 6) is -0.262. The van der Waals surface area contributed by atoms with Gasteiger partial charge in [0.2, 0.25) is 0 Å². The molecule has 3 aromatic rings. The molecule has 0 aliphatic heterocycles. The molecule has 0 bridgehead atoms. The van der Waals surface area contributed by atoms with E-state index in [9.17, 15) is 9.90 Å². The van der Waals surface area contributed by atoms with Crippen LogP contribution in [0.2, 0.25) is 10.0 Å². The molecule has 1 amide bonds. The SMILES string of the molecule is O=C(NC1CCC(O)CC1)c1cnc(-c2ccc(Cl)cc2)c(-c2ccc(Cl)cc2)n1. The number of nitrogens with zero attached hydrogens (tertiary/aromatic N) is 2. The maximum Gasteiger partial charge on any atom is 0.271 e. The number of hydrogen-bond acceptors (Lipinski definition) is 4. The molecule has 7 heteroatoms. The summed E-state index contributed by atoms with van der Waals surface area (Å²) >= 11 is 12.1. The molecule has 1 aliphatic carbocycles. The third kappa shape index (κ3) is 4.81. The minimum Gasteiger partial charge on any atom is -0.393 e. The number of aliphatic hydroxyl groups is 1. The molecule has 30 heavy (non-hydrogen) atoms. The molecule has 1 saturated carbocycles. The number of rotatable bonds is 4. The molecule has 1 aliphatic rings. The Morgan fingerprint density at radius 1 is 0.867 bits per heavy atom. The van der Waals surface area contributed by atoms with Crippen LogP contribution in [0.1, 0.15) is 36.2 Å². The molecule has 0 saturated heterocycles. The van der Waals surface area contributed by atoms with Crippen molar-refractivity contribution >= 4 is 29.1 Å². The van der Waals surface area contributed by atoms with Gasteiger partial charge < -0.3 is 10.4 Å². The van der Waals surface area contributed by atoms with Crippen molar-refractivity contribution in [3.05, 3.63) is 70.5 Å². The lowest BCUT2D eigenvalue weighted by molar-refractivity contribution is 0.0863. The van der Waals surface area contributed by atoms with E-state index in [0.29, 0.717) is 34.3 Å². The summed E-state index contributed by atoms with van der Waals surface area (Å²) in [7, 11) is 0. The van der Waals surface area contributed by atoms with Crippen LogP contribution < -0.4 is 5.32 Å². The Morgan fingerprint density at radius 2 is 1.40 bits per heavy atom. The first-order valence-corrected chi connectivity index (χ1v) is 10.6. The molecule has 0 spiro atoms. The van der Waals surface area contributed by atoms with Crippen LogP contribution in [-0.2, 0) is 0 Å². The van der Waals surface area contributed by atoms with Crippen molar-refractivity contribution in [2.45, 2.75) is 37.8 Å². The van der Waals surface area contributed by atoms with Gasteiger partial charge in [0, 0.05) is 27.2 Å². The Kier molecular flexibility index (Phi) is 6.32. The fourth-order valence-electron chi connectivity index (χ4n) is 3.61. The molecule has 154 valence electrons. The average Bonchev–Trinajstić information content (AvgIpc) is 2.76. The van der Waals surface area contributed by atoms with Gasteiger partial charge in [0.25, 0.3) is 5.91 Å². The molecule has 2 N–H and O–H groups in total.